The van der Waals surface area contributed by atoms with E-state index in [1.54, 1.807) is 22.9 Å². The van der Waals surface area contributed by atoms with Crippen LogP contribution in [-0.2, 0) is 6.54 Å². The number of rotatable bonds is 5. The van der Waals surface area contributed by atoms with Crippen LogP contribution in [-0.4, -0.2) is 14.0 Å². The molecule has 3 heterocycles. The van der Waals surface area contributed by atoms with Gasteiger partial charge in [0, 0.05) is 12.7 Å². The lowest BCUT2D eigenvalue weighted by Gasteiger charge is -2.12. The predicted octanol–water partition coefficient (Wildman–Crippen LogP) is 2.58. The molecule has 0 fully saturated rings. The van der Waals surface area contributed by atoms with E-state index in [-0.39, 0.29) is 16.6 Å². The van der Waals surface area contributed by atoms with Crippen molar-refractivity contribution in [2.45, 2.75) is 39.2 Å². The molecule has 0 unspecified atom stereocenters. The summed E-state index contributed by atoms with van der Waals surface area (Å²) in [6.45, 7) is 2.73. The molecule has 0 radical (unpaired) electrons. The van der Waals surface area contributed by atoms with E-state index in [0.717, 1.165) is 25.7 Å². The molecule has 3 aromatic rings. The fourth-order valence-corrected chi connectivity index (χ4v) is 2.89. The van der Waals surface area contributed by atoms with Gasteiger partial charge >= 0.3 is 0 Å². The Kier molecular flexibility index (Phi) is 4.43. The lowest BCUT2D eigenvalue weighted by molar-refractivity contribution is 0.572. The minimum Gasteiger partial charge on any atom is -0.310 e. The molecular formula is C18H19N5O. The maximum atomic E-state index is 12.7. The van der Waals surface area contributed by atoms with Gasteiger partial charge in [-0.2, -0.15) is 5.26 Å². The molecule has 0 saturated heterocycles. The third kappa shape index (κ3) is 2.69. The van der Waals surface area contributed by atoms with Gasteiger partial charge in [0.15, 0.2) is 0 Å². The summed E-state index contributed by atoms with van der Waals surface area (Å²) in [5.41, 5.74) is 1.13. The van der Waals surface area contributed by atoms with Gasteiger partial charge in [-0.25, -0.2) is 4.98 Å². The Balaban J connectivity index is 2.27. The molecule has 1 N–H and O–H groups in total. The van der Waals surface area contributed by atoms with Gasteiger partial charge in [0.2, 0.25) is 0 Å². The number of fused-ring (bicyclic) bond motifs is 2. The molecule has 0 bridgehead atoms. The van der Waals surface area contributed by atoms with E-state index in [9.17, 15) is 10.1 Å². The predicted molar refractivity (Wildman–Crippen MR) is 91.7 cm³/mol. The van der Waals surface area contributed by atoms with Crippen LogP contribution >= 0.6 is 0 Å². The zero-order valence-corrected chi connectivity index (χ0v) is 13.6. The van der Waals surface area contributed by atoms with E-state index in [1.165, 1.54) is 10.5 Å². The Morgan fingerprint density at radius 3 is 2.88 bits per heavy atom. The number of aromatic nitrogens is 3. The molecule has 0 amide bonds. The Bertz CT molecular complexity index is 1060. The van der Waals surface area contributed by atoms with E-state index < -0.39 is 0 Å². The van der Waals surface area contributed by atoms with Crippen molar-refractivity contribution in [3.8, 4) is 6.07 Å². The minimum atomic E-state index is -0.214. The summed E-state index contributed by atoms with van der Waals surface area (Å²) in [6, 6.07) is 8.86. The Morgan fingerprint density at radius 1 is 1.29 bits per heavy atom. The molecule has 0 saturated carbocycles. The zero-order valence-electron chi connectivity index (χ0n) is 13.6. The lowest BCUT2D eigenvalue weighted by atomic mass is 10.2. The van der Waals surface area contributed by atoms with E-state index in [0.29, 0.717) is 23.2 Å². The molecule has 0 aliphatic heterocycles. The molecule has 3 rings (SSSR count). The van der Waals surface area contributed by atoms with Crippen LogP contribution in [0.2, 0.25) is 0 Å². The van der Waals surface area contributed by atoms with Crippen LogP contribution in [0.15, 0.2) is 35.3 Å². The largest absolute Gasteiger partial charge is 0.310 e. The molecule has 6 heteroatoms. The van der Waals surface area contributed by atoms with Crippen LogP contribution in [0.25, 0.3) is 16.7 Å². The van der Waals surface area contributed by atoms with Gasteiger partial charge in [0.25, 0.3) is 5.56 Å². The van der Waals surface area contributed by atoms with Crippen LogP contribution in [0.5, 0.6) is 0 Å². The molecule has 6 nitrogen and oxygen atoms in total. The number of aryl methyl sites for hydroxylation is 1. The van der Waals surface area contributed by atoms with Crippen LogP contribution in [0.1, 0.15) is 38.2 Å². The van der Waals surface area contributed by atoms with Crippen molar-refractivity contribution in [1.82, 2.24) is 14.0 Å². The average Bonchev–Trinajstić information content (AvgIpc) is 2.60. The number of hydrogen-bond acceptors (Lipinski definition) is 4. The summed E-state index contributed by atoms with van der Waals surface area (Å²) in [7, 11) is 0. The number of nitrogens with zero attached hydrogens (tertiary/aromatic N) is 4. The van der Waals surface area contributed by atoms with Gasteiger partial charge in [-0.1, -0.05) is 32.3 Å². The molecule has 0 aliphatic carbocycles. The molecular weight excluding hydrogens is 302 g/mol. The van der Waals surface area contributed by atoms with E-state index in [2.05, 4.69) is 11.9 Å². The fourth-order valence-electron chi connectivity index (χ4n) is 2.89. The topological polar surface area (TPSA) is 86.9 Å². The van der Waals surface area contributed by atoms with Crippen molar-refractivity contribution in [3.63, 3.8) is 0 Å². The minimum absolute atomic E-state index is 0.119. The van der Waals surface area contributed by atoms with E-state index in [1.807, 2.05) is 12.1 Å². The molecule has 0 atom stereocenters. The van der Waals surface area contributed by atoms with Crippen molar-refractivity contribution < 1.29 is 0 Å². The lowest BCUT2D eigenvalue weighted by Crippen LogP contribution is -2.27. The van der Waals surface area contributed by atoms with Gasteiger partial charge in [-0.15, -0.1) is 0 Å². The SMILES string of the molecule is CCCCCCn1c(=N)c(C#N)cc2c(=O)n3ccccc3nc21. The summed E-state index contributed by atoms with van der Waals surface area (Å²) in [4.78, 5) is 17.3. The van der Waals surface area contributed by atoms with Crippen molar-refractivity contribution in [3.05, 3.63) is 51.9 Å². The highest BCUT2D eigenvalue weighted by Gasteiger charge is 2.12. The second kappa shape index (κ2) is 6.67. The molecule has 3 aromatic heterocycles. The summed E-state index contributed by atoms with van der Waals surface area (Å²) in [5.74, 6) is 0. The van der Waals surface area contributed by atoms with Gasteiger partial charge in [-0.3, -0.25) is 14.6 Å². The van der Waals surface area contributed by atoms with Crippen molar-refractivity contribution in [2.24, 2.45) is 0 Å². The monoisotopic (exact) mass is 321 g/mol. The second-order valence-corrected chi connectivity index (χ2v) is 5.81. The third-order valence-corrected chi connectivity index (χ3v) is 4.17. The van der Waals surface area contributed by atoms with Gasteiger partial charge < -0.3 is 4.57 Å². The summed E-state index contributed by atoms with van der Waals surface area (Å²) >= 11 is 0. The van der Waals surface area contributed by atoms with Crippen LogP contribution in [0.4, 0.5) is 0 Å². The third-order valence-electron chi connectivity index (χ3n) is 4.17. The molecule has 24 heavy (non-hydrogen) atoms. The summed E-state index contributed by atoms with van der Waals surface area (Å²) < 4.78 is 3.16. The maximum Gasteiger partial charge on any atom is 0.267 e. The van der Waals surface area contributed by atoms with E-state index in [4.69, 9.17) is 5.41 Å². The molecule has 122 valence electrons. The van der Waals surface area contributed by atoms with Crippen molar-refractivity contribution in [2.75, 3.05) is 0 Å². The Labute approximate surface area is 139 Å². The first-order chi connectivity index (χ1) is 11.7. The molecule has 0 aromatic carbocycles. The first kappa shape index (κ1) is 15.9. The first-order valence-electron chi connectivity index (χ1n) is 8.17. The normalized spacial score (nSPS) is 11.0. The maximum absolute atomic E-state index is 12.7. The van der Waals surface area contributed by atoms with Crippen molar-refractivity contribution in [1.29, 1.82) is 10.7 Å². The summed E-state index contributed by atoms with van der Waals surface area (Å²) in [5, 5.41) is 18.0. The standard InChI is InChI=1S/C18H19N5O/c1-2-3-4-6-10-23-16(20)13(12-19)11-14-17(23)21-15-8-5-7-9-22(15)18(14)24/h5,7-9,11,20H,2-4,6,10H2,1H3. The fraction of sp³-hybridized carbons (Fsp3) is 0.333. The number of unbranched alkanes of at least 4 members (excludes halogenated alkanes) is 3. The van der Waals surface area contributed by atoms with E-state index >= 15 is 0 Å². The smallest absolute Gasteiger partial charge is 0.267 e. The molecule has 0 spiro atoms. The highest BCUT2D eigenvalue weighted by Crippen LogP contribution is 2.11. The number of pyridine rings is 2. The zero-order chi connectivity index (χ0) is 17.1. The van der Waals surface area contributed by atoms with Gasteiger partial charge in [0.05, 0.1) is 10.9 Å². The quantitative estimate of drug-likeness (QED) is 0.579. The Morgan fingerprint density at radius 2 is 2.12 bits per heavy atom. The summed E-state index contributed by atoms with van der Waals surface area (Å²) in [6.07, 6.45) is 5.86. The van der Waals surface area contributed by atoms with Crippen LogP contribution in [0, 0.1) is 16.7 Å². The first-order valence-corrected chi connectivity index (χ1v) is 8.17. The van der Waals surface area contributed by atoms with Crippen LogP contribution < -0.4 is 11.0 Å². The highest BCUT2D eigenvalue weighted by molar-refractivity contribution is 5.77. The van der Waals surface area contributed by atoms with Gasteiger partial charge in [0.1, 0.15) is 22.9 Å². The van der Waals surface area contributed by atoms with Crippen LogP contribution in [0.3, 0.4) is 0 Å². The Hall–Kier alpha value is -2.94. The number of nitrogens with one attached hydrogen (secondary N) is 1. The van der Waals surface area contributed by atoms with Crippen molar-refractivity contribution >= 4 is 16.7 Å². The number of hydrogen-bond donors (Lipinski definition) is 1. The molecule has 0 aliphatic rings. The van der Waals surface area contributed by atoms with Gasteiger partial charge in [-0.05, 0) is 24.6 Å². The second-order valence-electron chi connectivity index (χ2n) is 5.81. The average molecular weight is 321 g/mol. The highest BCUT2D eigenvalue weighted by atomic mass is 16.1. The number of nitriles is 1.